The number of likely N-dealkylation sites (N-methyl/N-ethyl adjacent to an activating group) is 1. The number of carbonyl (C=O) groups is 1. The highest BCUT2D eigenvalue weighted by atomic mass is 127. The van der Waals surface area contributed by atoms with Crippen LogP contribution in [0.2, 0.25) is 0 Å². The molecule has 0 bridgehead atoms. The minimum atomic E-state index is 0.169. The van der Waals surface area contributed by atoms with Gasteiger partial charge in [-0.2, -0.15) is 0 Å². The second-order valence-electron chi connectivity index (χ2n) is 4.98. The molecule has 1 aliphatic heterocycles. The predicted octanol–water partition coefficient (Wildman–Crippen LogP) is 3.98. The summed E-state index contributed by atoms with van der Waals surface area (Å²) < 4.78 is 1.21. The molecule has 3 heteroatoms. The van der Waals surface area contributed by atoms with Gasteiger partial charge in [-0.1, -0.05) is 30.3 Å². The van der Waals surface area contributed by atoms with E-state index in [9.17, 15) is 4.79 Å². The lowest BCUT2D eigenvalue weighted by molar-refractivity contribution is 0.0750. The third-order valence-corrected chi connectivity index (χ3v) is 4.56. The van der Waals surface area contributed by atoms with Gasteiger partial charge in [-0.15, -0.1) is 0 Å². The molecule has 20 heavy (non-hydrogen) atoms. The van der Waals surface area contributed by atoms with E-state index in [-0.39, 0.29) is 5.91 Å². The maximum Gasteiger partial charge on any atom is 0.254 e. The molecule has 1 heterocycles. The largest absolute Gasteiger partial charge is 0.339 e. The van der Waals surface area contributed by atoms with Crippen molar-refractivity contribution < 1.29 is 4.79 Å². The van der Waals surface area contributed by atoms with Crippen LogP contribution in [0.5, 0.6) is 0 Å². The van der Waals surface area contributed by atoms with E-state index in [0.29, 0.717) is 0 Å². The van der Waals surface area contributed by atoms with Crippen molar-refractivity contribution in [1.82, 2.24) is 4.90 Å². The van der Waals surface area contributed by atoms with Gasteiger partial charge >= 0.3 is 0 Å². The highest BCUT2D eigenvalue weighted by Gasteiger charge is 2.25. The van der Waals surface area contributed by atoms with Crippen molar-refractivity contribution in [1.29, 1.82) is 0 Å². The van der Waals surface area contributed by atoms with Gasteiger partial charge in [0.15, 0.2) is 0 Å². The Kier molecular flexibility index (Phi) is 3.78. The summed E-state index contributed by atoms with van der Waals surface area (Å²) in [5, 5.41) is 0. The van der Waals surface area contributed by atoms with Crippen molar-refractivity contribution in [3.63, 3.8) is 0 Å². The van der Waals surface area contributed by atoms with Crippen LogP contribution in [-0.2, 0) is 6.42 Å². The number of benzene rings is 2. The Morgan fingerprint density at radius 1 is 1.15 bits per heavy atom. The van der Waals surface area contributed by atoms with E-state index in [4.69, 9.17) is 0 Å². The van der Waals surface area contributed by atoms with Gasteiger partial charge in [-0.25, -0.2) is 0 Å². The van der Waals surface area contributed by atoms with Gasteiger partial charge in [-0.3, -0.25) is 4.79 Å². The first-order valence-electron chi connectivity index (χ1n) is 6.88. The van der Waals surface area contributed by atoms with E-state index < -0.39 is 0 Å². The molecule has 0 saturated carbocycles. The Hall–Kier alpha value is -1.36. The molecule has 0 fully saturated rings. The average Bonchev–Trinajstić information content (AvgIpc) is 2.48. The monoisotopic (exact) mass is 377 g/mol. The molecule has 3 rings (SSSR count). The van der Waals surface area contributed by atoms with Crippen LogP contribution in [0.4, 0.5) is 0 Å². The van der Waals surface area contributed by atoms with Gasteiger partial charge < -0.3 is 4.90 Å². The van der Waals surface area contributed by atoms with Crippen LogP contribution in [0.1, 0.15) is 22.8 Å². The van der Waals surface area contributed by atoms with Crippen molar-refractivity contribution in [3.8, 4) is 11.1 Å². The molecule has 0 radical (unpaired) electrons. The topological polar surface area (TPSA) is 20.3 Å². The fraction of sp³-hybridized carbons (Fsp3) is 0.235. The maximum atomic E-state index is 12.6. The number of hydrogen-bond acceptors (Lipinski definition) is 1. The standard InChI is InChI=1S/C17H16INO/c1-2-19-11-10-13-4-3-5-15(16(13)17(19)20)12-6-8-14(18)9-7-12/h3-9H,2,10-11H2,1H3. The number of halogens is 1. The summed E-state index contributed by atoms with van der Waals surface area (Å²) in [6, 6.07) is 14.5. The third kappa shape index (κ3) is 2.35. The van der Waals surface area contributed by atoms with Crippen LogP contribution in [0.15, 0.2) is 42.5 Å². The van der Waals surface area contributed by atoms with Crippen LogP contribution >= 0.6 is 22.6 Å². The molecule has 0 aromatic heterocycles. The average molecular weight is 377 g/mol. The Balaban J connectivity index is 2.14. The van der Waals surface area contributed by atoms with Crippen molar-refractivity contribution in [2.75, 3.05) is 13.1 Å². The van der Waals surface area contributed by atoms with Gasteiger partial charge in [-0.05, 0) is 64.8 Å². The van der Waals surface area contributed by atoms with E-state index in [0.717, 1.165) is 36.2 Å². The molecule has 0 aliphatic carbocycles. The number of carbonyl (C=O) groups excluding carboxylic acids is 1. The first-order valence-corrected chi connectivity index (χ1v) is 7.95. The number of fused-ring (bicyclic) bond motifs is 1. The van der Waals surface area contributed by atoms with Gasteiger partial charge in [0, 0.05) is 16.7 Å². The summed E-state index contributed by atoms with van der Waals surface area (Å²) in [7, 11) is 0. The van der Waals surface area contributed by atoms with Crippen molar-refractivity contribution in [2.45, 2.75) is 13.3 Å². The van der Waals surface area contributed by atoms with Crippen LogP contribution in [0, 0.1) is 3.57 Å². The van der Waals surface area contributed by atoms with E-state index in [1.165, 1.54) is 9.13 Å². The number of hydrogen-bond donors (Lipinski definition) is 0. The molecule has 1 amide bonds. The smallest absolute Gasteiger partial charge is 0.254 e. The zero-order valence-electron chi connectivity index (χ0n) is 11.4. The zero-order valence-corrected chi connectivity index (χ0v) is 13.6. The highest BCUT2D eigenvalue weighted by Crippen LogP contribution is 2.30. The molecule has 0 N–H and O–H groups in total. The third-order valence-electron chi connectivity index (χ3n) is 3.84. The lowest BCUT2D eigenvalue weighted by atomic mass is 9.90. The van der Waals surface area contributed by atoms with E-state index in [2.05, 4.69) is 65.1 Å². The summed E-state index contributed by atoms with van der Waals surface area (Å²) in [5.74, 6) is 0.169. The summed E-state index contributed by atoms with van der Waals surface area (Å²) in [4.78, 5) is 14.6. The molecule has 2 aromatic rings. The molecular weight excluding hydrogens is 361 g/mol. The lowest BCUT2D eigenvalue weighted by Crippen LogP contribution is -2.37. The van der Waals surface area contributed by atoms with Crippen molar-refractivity contribution in [2.24, 2.45) is 0 Å². The van der Waals surface area contributed by atoms with Crippen LogP contribution in [-0.4, -0.2) is 23.9 Å². The van der Waals surface area contributed by atoms with Crippen molar-refractivity contribution in [3.05, 3.63) is 57.2 Å². The quantitative estimate of drug-likeness (QED) is 0.726. The molecule has 102 valence electrons. The van der Waals surface area contributed by atoms with Crippen molar-refractivity contribution >= 4 is 28.5 Å². The Morgan fingerprint density at radius 2 is 1.90 bits per heavy atom. The van der Waals surface area contributed by atoms with Gasteiger partial charge in [0.1, 0.15) is 0 Å². The molecule has 1 aliphatic rings. The Bertz CT molecular complexity index is 649. The Labute approximate surface area is 132 Å². The minimum absolute atomic E-state index is 0.169. The van der Waals surface area contributed by atoms with Crippen LogP contribution < -0.4 is 0 Å². The molecule has 0 spiro atoms. The first kappa shape index (κ1) is 13.6. The van der Waals surface area contributed by atoms with E-state index in [1.807, 2.05) is 11.8 Å². The molecular formula is C17H16INO. The Morgan fingerprint density at radius 3 is 2.60 bits per heavy atom. The fourth-order valence-corrected chi connectivity index (χ4v) is 3.11. The summed E-state index contributed by atoms with van der Waals surface area (Å²) >= 11 is 2.30. The molecule has 0 saturated heterocycles. The fourth-order valence-electron chi connectivity index (χ4n) is 2.75. The lowest BCUT2D eigenvalue weighted by Gasteiger charge is -2.29. The predicted molar refractivity (Wildman–Crippen MR) is 89.9 cm³/mol. The van der Waals surface area contributed by atoms with E-state index >= 15 is 0 Å². The van der Waals surface area contributed by atoms with E-state index in [1.54, 1.807) is 0 Å². The normalized spacial score (nSPS) is 14.3. The SMILES string of the molecule is CCN1CCc2cccc(-c3ccc(I)cc3)c2C1=O. The van der Waals surface area contributed by atoms with Gasteiger partial charge in [0.25, 0.3) is 5.91 Å². The second-order valence-corrected chi connectivity index (χ2v) is 6.23. The maximum absolute atomic E-state index is 12.6. The number of amides is 1. The molecule has 0 unspecified atom stereocenters. The molecule has 2 nitrogen and oxygen atoms in total. The number of nitrogens with zero attached hydrogens (tertiary/aromatic N) is 1. The summed E-state index contributed by atoms with van der Waals surface area (Å²) in [5.41, 5.74) is 4.24. The highest BCUT2D eigenvalue weighted by molar-refractivity contribution is 14.1. The second kappa shape index (κ2) is 5.56. The zero-order chi connectivity index (χ0) is 14.1. The molecule has 2 aromatic carbocycles. The summed E-state index contributed by atoms with van der Waals surface area (Å²) in [6.07, 6.45) is 0.952. The summed E-state index contributed by atoms with van der Waals surface area (Å²) in [6.45, 7) is 3.65. The van der Waals surface area contributed by atoms with Crippen LogP contribution in [0.25, 0.3) is 11.1 Å². The van der Waals surface area contributed by atoms with Gasteiger partial charge in [0.05, 0.1) is 5.56 Å². The van der Waals surface area contributed by atoms with Gasteiger partial charge in [0.2, 0.25) is 0 Å². The minimum Gasteiger partial charge on any atom is -0.339 e. The molecule has 0 atom stereocenters. The first-order chi connectivity index (χ1) is 9.70. The van der Waals surface area contributed by atoms with Crippen LogP contribution in [0.3, 0.4) is 0 Å². The number of rotatable bonds is 2.